The lowest BCUT2D eigenvalue weighted by Crippen LogP contribution is -2.11. The highest BCUT2D eigenvalue weighted by Crippen LogP contribution is 2.48. The molecule has 0 bridgehead atoms. The van der Waals surface area contributed by atoms with Crippen molar-refractivity contribution in [3.05, 3.63) is 212 Å². The van der Waals surface area contributed by atoms with Crippen LogP contribution in [0.15, 0.2) is 212 Å². The van der Waals surface area contributed by atoms with E-state index in [1.54, 1.807) is 0 Å². The van der Waals surface area contributed by atoms with Gasteiger partial charge in [-0.2, -0.15) is 0 Å². The maximum Gasteiger partial charge on any atom is 0.145 e. The van der Waals surface area contributed by atoms with E-state index in [9.17, 15) is 0 Å². The van der Waals surface area contributed by atoms with Crippen LogP contribution in [0, 0.1) is 0 Å². The summed E-state index contributed by atoms with van der Waals surface area (Å²) in [6.45, 7) is 0. The van der Waals surface area contributed by atoms with Crippen LogP contribution < -0.4 is 4.90 Å². The third kappa shape index (κ3) is 5.02. The van der Waals surface area contributed by atoms with Crippen molar-refractivity contribution >= 4 is 71.2 Å². The van der Waals surface area contributed by atoms with Gasteiger partial charge < -0.3 is 4.90 Å². The second-order valence-corrected chi connectivity index (χ2v) is 14.3. The molecule has 3 nitrogen and oxygen atoms in total. The average Bonchev–Trinajstić information content (AvgIpc) is 3.69. The molecule has 56 heavy (non-hydrogen) atoms. The standard InChI is InChI=1S/C53H35N3/c1-4-18-38(19-5-1)55(39-20-6-2-7-21-39)51-47-30-16-12-26-43(47)49(44-27-13-17-31-48(44)51)36-32-34-37(35-33-36)53-54-50-45-28-14-10-24-41(45)42-25-11-15-29-46(42)52(50)56(53)40-22-8-3-9-23-40/h1-35H. The van der Waals surface area contributed by atoms with Crippen LogP contribution in [0.2, 0.25) is 0 Å². The molecule has 0 saturated carbocycles. The fraction of sp³-hybridized carbons (Fsp3) is 0. The van der Waals surface area contributed by atoms with Gasteiger partial charge in [-0.15, -0.1) is 0 Å². The van der Waals surface area contributed by atoms with Crippen LogP contribution >= 0.6 is 0 Å². The summed E-state index contributed by atoms with van der Waals surface area (Å²) in [6.07, 6.45) is 0. The van der Waals surface area contributed by atoms with E-state index in [4.69, 9.17) is 4.98 Å². The minimum Gasteiger partial charge on any atom is -0.309 e. The lowest BCUT2D eigenvalue weighted by atomic mass is 9.89. The van der Waals surface area contributed by atoms with Crippen molar-refractivity contribution in [3.63, 3.8) is 0 Å². The van der Waals surface area contributed by atoms with Gasteiger partial charge in [0.15, 0.2) is 0 Å². The SMILES string of the molecule is c1ccc(N(c2ccccc2)c2c3ccccc3c(-c3ccc(-c4nc5c6ccccc6c6ccccc6c5n4-c4ccccc4)cc3)c3ccccc23)cc1. The quantitative estimate of drug-likeness (QED) is 0.126. The first-order valence-electron chi connectivity index (χ1n) is 19.2. The second kappa shape index (κ2) is 13.1. The Kier molecular flexibility index (Phi) is 7.49. The molecule has 1 heterocycles. The van der Waals surface area contributed by atoms with Crippen molar-refractivity contribution in [1.29, 1.82) is 0 Å². The molecule has 0 aliphatic heterocycles. The topological polar surface area (TPSA) is 21.1 Å². The second-order valence-electron chi connectivity index (χ2n) is 14.3. The number of rotatable bonds is 6. The number of benzene rings is 10. The van der Waals surface area contributed by atoms with Crippen LogP contribution in [0.3, 0.4) is 0 Å². The first-order chi connectivity index (χ1) is 27.8. The molecule has 0 fully saturated rings. The Labute approximate surface area is 325 Å². The zero-order chi connectivity index (χ0) is 37.0. The number of nitrogens with zero attached hydrogens (tertiary/aromatic N) is 3. The summed E-state index contributed by atoms with van der Waals surface area (Å²) >= 11 is 0. The molecule has 0 aliphatic rings. The first-order valence-corrected chi connectivity index (χ1v) is 19.2. The lowest BCUT2D eigenvalue weighted by molar-refractivity contribution is 1.11. The highest BCUT2D eigenvalue weighted by molar-refractivity contribution is 6.25. The van der Waals surface area contributed by atoms with E-state index in [1.165, 1.54) is 49.0 Å². The van der Waals surface area contributed by atoms with Crippen molar-refractivity contribution < 1.29 is 0 Å². The van der Waals surface area contributed by atoms with Crippen molar-refractivity contribution in [3.8, 4) is 28.2 Å². The summed E-state index contributed by atoms with van der Waals surface area (Å²) in [7, 11) is 0. The van der Waals surface area contributed by atoms with Crippen LogP contribution in [-0.4, -0.2) is 9.55 Å². The molecule has 262 valence electrons. The smallest absolute Gasteiger partial charge is 0.145 e. The average molecular weight is 714 g/mol. The number of hydrogen-bond donors (Lipinski definition) is 0. The molecule has 0 unspecified atom stereocenters. The minimum atomic E-state index is 0.922. The van der Waals surface area contributed by atoms with Gasteiger partial charge in [0.05, 0.1) is 16.7 Å². The van der Waals surface area contributed by atoms with Gasteiger partial charge in [-0.3, -0.25) is 4.57 Å². The van der Waals surface area contributed by atoms with Crippen molar-refractivity contribution in [1.82, 2.24) is 9.55 Å². The van der Waals surface area contributed by atoms with E-state index >= 15 is 0 Å². The molecular weight excluding hydrogens is 679 g/mol. The number of hydrogen-bond acceptors (Lipinski definition) is 2. The maximum absolute atomic E-state index is 5.49. The third-order valence-corrected chi connectivity index (χ3v) is 11.1. The van der Waals surface area contributed by atoms with E-state index in [0.717, 1.165) is 50.4 Å². The van der Waals surface area contributed by atoms with E-state index in [2.05, 4.69) is 222 Å². The van der Waals surface area contributed by atoms with Gasteiger partial charge >= 0.3 is 0 Å². The molecule has 0 N–H and O–H groups in total. The normalized spacial score (nSPS) is 11.6. The van der Waals surface area contributed by atoms with Crippen LogP contribution in [-0.2, 0) is 0 Å². The number of anilines is 3. The van der Waals surface area contributed by atoms with E-state index in [-0.39, 0.29) is 0 Å². The fourth-order valence-electron chi connectivity index (χ4n) is 8.73. The fourth-order valence-corrected chi connectivity index (χ4v) is 8.73. The molecule has 0 aliphatic carbocycles. The molecule has 0 atom stereocenters. The van der Waals surface area contributed by atoms with Crippen molar-refractivity contribution in [2.24, 2.45) is 0 Å². The Morgan fingerprint density at radius 2 is 0.750 bits per heavy atom. The Hall–Kier alpha value is -7.49. The van der Waals surface area contributed by atoms with Crippen LogP contribution in [0.5, 0.6) is 0 Å². The van der Waals surface area contributed by atoms with Crippen LogP contribution in [0.4, 0.5) is 17.1 Å². The summed E-state index contributed by atoms with van der Waals surface area (Å²) < 4.78 is 2.35. The van der Waals surface area contributed by atoms with Gasteiger partial charge in [0.2, 0.25) is 0 Å². The minimum absolute atomic E-state index is 0.922. The summed E-state index contributed by atoms with van der Waals surface area (Å²) in [5, 5.41) is 9.61. The van der Waals surface area contributed by atoms with E-state index in [0.29, 0.717) is 0 Å². The van der Waals surface area contributed by atoms with E-state index < -0.39 is 0 Å². The molecule has 11 rings (SSSR count). The predicted octanol–water partition coefficient (Wildman–Crippen LogP) is 14.4. The molecule has 1 aromatic heterocycles. The summed E-state index contributed by atoms with van der Waals surface area (Å²) in [5.41, 5.74) is 10.1. The molecule has 0 radical (unpaired) electrons. The highest BCUT2D eigenvalue weighted by atomic mass is 15.1. The molecule has 3 heteroatoms. The summed E-state index contributed by atoms with van der Waals surface area (Å²) in [6, 6.07) is 76.2. The van der Waals surface area contributed by atoms with Gasteiger partial charge in [0, 0.05) is 44.2 Å². The van der Waals surface area contributed by atoms with Gasteiger partial charge in [0.1, 0.15) is 5.82 Å². The molecule has 11 aromatic rings. The summed E-state index contributed by atoms with van der Waals surface area (Å²) in [5.74, 6) is 0.922. The maximum atomic E-state index is 5.49. The molecular formula is C53H35N3. The van der Waals surface area contributed by atoms with Gasteiger partial charge in [-0.1, -0.05) is 176 Å². The van der Waals surface area contributed by atoms with Gasteiger partial charge in [-0.05, 0) is 69.1 Å². The van der Waals surface area contributed by atoms with Crippen LogP contribution in [0.1, 0.15) is 0 Å². The Bertz CT molecular complexity index is 3130. The number of fused-ring (bicyclic) bond motifs is 8. The number of imidazole rings is 1. The van der Waals surface area contributed by atoms with Gasteiger partial charge in [0.25, 0.3) is 0 Å². The van der Waals surface area contributed by atoms with Crippen molar-refractivity contribution in [2.75, 3.05) is 4.90 Å². The zero-order valence-electron chi connectivity index (χ0n) is 30.5. The Morgan fingerprint density at radius 3 is 1.30 bits per heavy atom. The Balaban J connectivity index is 1.15. The molecule has 0 saturated heterocycles. The lowest BCUT2D eigenvalue weighted by Gasteiger charge is -2.29. The monoisotopic (exact) mass is 713 g/mol. The first kappa shape index (κ1) is 32.0. The van der Waals surface area contributed by atoms with Gasteiger partial charge in [-0.25, -0.2) is 4.98 Å². The third-order valence-electron chi connectivity index (χ3n) is 11.1. The largest absolute Gasteiger partial charge is 0.309 e. The molecule has 10 aromatic carbocycles. The van der Waals surface area contributed by atoms with E-state index in [1.807, 2.05) is 0 Å². The summed E-state index contributed by atoms with van der Waals surface area (Å²) in [4.78, 5) is 7.89. The Morgan fingerprint density at radius 1 is 0.339 bits per heavy atom. The number of para-hydroxylation sites is 3. The van der Waals surface area contributed by atoms with Crippen LogP contribution in [0.25, 0.3) is 82.3 Å². The number of aromatic nitrogens is 2. The highest BCUT2D eigenvalue weighted by Gasteiger charge is 2.23. The molecule has 0 spiro atoms. The molecule has 0 amide bonds. The predicted molar refractivity (Wildman–Crippen MR) is 237 cm³/mol. The zero-order valence-corrected chi connectivity index (χ0v) is 30.5. The van der Waals surface area contributed by atoms with Crippen molar-refractivity contribution in [2.45, 2.75) is 0 Å².